The lowest BCUT2D eigenvalue weighted by molar-refractivity contribution is -0.121. The molecule has 1 heterocycles. The topological polar surface area (TPSA) is 57.2 Å². The number of piperazine rings is 1. The van der Waals surface area contributed by atoms with Crippen LogP contribution in [0.1, 0.15) is 12.0 Å². The fraction of sp³-hybridized carbons (Fsp3) is 0.333. The number of amides is 1. The van der Waals surface area contributed by atoms with Gasteiger partial charge in [-0.1, -0.05) is 18.2 Å². The van der Waals surface area contributed by atoms with Gasteiger partial charge in [-0.2, -0.15) is 13.9 Å². The molecule has 2 aromatic carbocycles. The maximum atomic E-state index is 12.1. The molecule has 0 atom stereocenters. The van der Waals surface area contributed by atoms with E-state index in [1.165, 1.54) is 24.0 Å². The monoisotopic (exact) mass is 402 g/mol. The third-order valence-corrected chi connectivity index (χ3v) is 4.66. The Morgan fingerprint density at radius 3 is 2.41 bits per heavy atom. The van der Waals surface area contributed by atoms with E-state index in [0.29, 0.717) is 18.5 Å². The second-order valence-electron chi connectivity index (χ2n) is 6.65. The summed E-state index contributed by atoms with van der Waals surface area (Å²) in [5.74, 6) is -0.0852. The van der Waals surface area contributed by atoms with E-state index in [2.05, 4.69) is 37.2 Å². The first-order valence-corrected chi connectivity index (χ1v) is 9.49. The molecule has 0 saturated carbocycles. The number of rotatable bonds is 8. The molecule has 1 aliphatic rings. The number of ether oxygens (including phenoxy) is 1. The van der Waals surface area contributed by atoms with E-state index in [-0.39, 0.29) is 11.7 Å². The van der Waals surface area contributed by atoms with Crippen LogP contribution >= 0.6 is 0 Å². The highest BCUT2D eigenvalue weighted by molar-refractivity contribution is 5.82. The molecule has 0 spiro atoms. The summed E-state index contributed by atoms with van der Waals surface area (Å²) in [6, 6.07) is 16.3. The van der Waals surface area contributed by atoms with Crippen LogP contribution in [0.5, 0.6) is 5.75 Å². The van der Waals surface area contributed by atoms with Gasteiger partial charge in [0, 0.05) is 44.8 Å². The van der Waals surface area contributed by atoms with E-state index in [4.69, 9.17) is 0 Å². The number of nitrogens with one attached hydrogen (secondary N) is 1. The molecule has 6 nitrogen and oxygen atoms in total. The summed E-state index contributed by atoms with van der Waals surface area (Å²) in [5.41, 5.74) is 4.39. The minimum absolute atomic E-state index is 0.0774. The van der Waals surface area contributed by atoms with Crippen LogP contribution in [0.15, 0.2) is 59.7 Å². The molecule has 0 bridgehead atoms. The fourth-order valence-electron chi connectivity index (χ4n) is 3.10. The largest absolute Gasteiger partial charge is 0.435 e. The first kappa shape index (κ1) is 20.7. The Hall–Kier alpha value is -3.00. The molecular formula is C21H24F2N4O2. The molecule has 154 valence electrons. The van der Waals surface area contributed by atoms with E-state index in [9.17, 15) is 13.6 Å². The second-order valence-corrected chi connectivity index (χ2v) is 6.65. The van der Waals surface area contributed by atoms with Crippen LogP contribution in [0.4, 0.5) is 14.5 Å². The average Bonchev–Trinajstić information content (AvgIpc) is 2.74. The zero-order valence-corrected chi connectivity index (χ0v) is 16.0. The van der Waals surface area contributed by atoms with Crippen LogP contribution < -0.4 is 15.1 Å². The molecule has 3 rings (SSSR count). The molecule has 0 unspecified atom stereocenters. The molecule has 1 aliphatic heterocycles. The van der Waals surface area contributed by atoms with Gasteiger partial charge in [-0.3, -0.25) is 9.69 Å². The van der Waals surface area contributed by atoms with Crippen molar-refractivity contribution in [3.05, 3.63) is 60.2 Å². The van der Waals surface area contributed by atoms with Crippen LogP contribution in [0, 0.1) is 0 Å². The molecule has 1 N–H and O–H groups in total. The zero-order valence-electron chi connectivity index (χ0n) is 16.0. The molecule has 1 fully saturated rings. The molecule has 1 amide bonds. The number of nitrogens with zero attached hydrogens (tertiary/aromatic N) is 3. The Kier molecular flexibility index (Phi) is 7.52. The summed E-state index contributed by atoms with van der Waals surface area (Å²) in [4.78, 5) is 16.6. The lowest BCUT2D eigenvalue weighted by Crippen LogP contribution is -2.47. The summed E-state index contributed by atoms with van der Waals surface area (Å²) in [6.45, 7) is 1.54. The van der Waals surface area contributed by atoms with Crippen molar-refractivity contribution >= 4 is 17.8 Å². The van der Waals surface area contributed by atoms with Crippen molar-refractivity contribution in [2.45, 2.75) is 13.0 Å². The number of hydrogen-bond donors (Lipinski definition) is 1. The van der Waals surface area contributed by atoms with Gasteiger partial charge in [0.05, 0.1) is 6.21 Å². The fourth-order valence-corrected chi connectivity index (χ4v) is 3.10. The molecule has 2 aromatic rings. The molecule has 0 aliphatic carbocycles. The van der Waals surface area contributed by atoms with Crippen molar-refractivity contribution in [1.82, 2.24) is 10.3 Å². The predicted molar refractivity (Wildman–Crippen MR) is 109 cm³/mol. The normalized spacial score (nSPS) is 15.1. The molecule has 29 heavy (non-hydrogen) atoms. The summed E-state index contributed by atoms with van der Waals surface area (Å²) in [7, 11) is 0. The number of halogens is 2. The Bertz CT molecular complexity index is 792. The van der Waals surface area contributed by atoms with E-state index in [0.717, 1.165) is 26.2 Å². The molecule has 1 saturated heterocycles. The van der Waals surface area contributed by atoms with Crippen LogP contribution in [-0.2, 0) is 4.79 Å². The number of carbonyl (C=O) groups is 1. The number of para-hydroxylation sites is 1. The summed E-state index contributed by atoms with van der Waals surface area (Å²) >= 11 is 0. The van der Waals surface area contributed by atoms with Crippen molar-refractivity contribution in [3.8, 4) is 5.75 Å². The predicted octanol–water partition coefficient (Wildman–Crippen LogP) is 2.95. The standard InChI is InChI=1S/C21H24F2N4O2/c22-21(23)29-19-8-6-17(7-9-19)16-24-25-20(28)10-11-26-12-14-27(15-13-26)18-4-2-1-3-5-18/h1-9,16,21H,10-15H2,(H,25,28)/b24-16+. The van der Waals surface area contributed by atoms with Gasteiger partial charge < -0.3 is 9.64 Å². The van der Waals surface area contributed by atoms with Crippen molar-refractivity contribution in [1.29, 1.82) is 0 Å². The molecule has 0 radical (unpaired) electrons. The van der Waals surface area contributed by atoms with Gasteiger partial charge in [0.1, 0.15) is 5.75 Å². The van der Waals surface area contributed by atoms with Crippen molar-refractivity contribution in [2.75, 3.05) is 37.6 Å². The Labute approximate surface area is 168 Å². The number of hydrogen-bond acceptors (Lipinski definition) is 5. The van der Waals surface area contributed by atoms with Gasteiger partial charge in [-0.15, -0.1) is 0 Å². The highest BCUT2D eigenvalue weighted by Crippen LogP contribution is 2.16. The summed E-state index contributed by atoms with van der Waals surface area (Å²) < 4.78 is 28.5. The van der Waals surface area contributed by atoms with Crippen LogP contribution in [0.2, 0.25) is 0 Å². The Morgan fingerprint density at radius 1 is 1.07 bits per heavy atom. The van der Waals surface area contributed by atoms with E-state index < -0.39 is 6.61 Å². The summed E-state index contributed by atoms with van der Waals surface area (Å²) in [6.07, 6.45) is 1.83. The number of alkyl halides is 2. The van der Waals surface area contributed by atoms with E-state index in [1.54, 1.807) is 12.1 Å². The third-order valence-electron chi connectivity index (χ3n) is 4.66. The maximum absolute atomic E-state index is 12.1. The smallest absolute Gasteiger partial charge is 0.387 e. The minimum atomic E-state index is -2.85. The Balaban J connectivity index is 1.34. The highest BCUT2D eigenvalue weighted by atomic mass is 19.3. The van der Waals surface area contributed by atoms with Crippen LogP contribution in [0.3, 0.4) is 0 Å². The minimum Gasteiger partial charge on any atom is -0.435 e. The van der Waals surface area contributed by atoms with Gasteiger partial charge in [0.2, 0.25) is 5.91 Å². The number of benzene rings is 2. The quantitative estimate of drug-likeness (QED) is 0.545. The first-order valence-electron chi connectivity index (χ1n) is 9.49. The van der Waals surface area contributed by atoms with Crippen molar-refractivity contribution in [3.63, 3.8) is 0 Å². The van der Waals surface area contributed by atoms with E-state index >= 15 is 0 Å². The first-order chi connectivity index (χ1) is 14.1. The molecule has 8 heteroatoms. The van der Waals surface area contributed by atoms with Crippen molar-refractivity contribution < 1.29 is 18.3 Å². The van der Waals surface area contributed by atoms with Gasteiger partial charge in [0.25, 0.3) is 0 Å². The zero-order chi connectivity index (χ0) is 20.5. The van der Waals surface area contributed by atoms with Gasteiger partial charge in [-0.25, -0.2) is 5.43 Å². The van der Waals surface area contributed by atoms with Gasteiger partial charge in [-0.05, 0) is 42.0 Å². The van der Waals surface area contributed by atoms with E-state index in [1.807, 2.05) is 18.2 Å². The highest BCUT2D eigenvalue weighted by Gasteiger charge is 2.17. The van der Waals surface area contributed by atoms with Gasteiger partial charge in [0.15, 0.2) is 0 Å². The second kappa shape index (κ2) is 10.5. The number of carbonyl (C=O) groups excluding carboxylic acids is 1. The van der Waals surface area contributed by atoms with Crippen molar-refractivity contribution in [2.24, 2.45) is 5.10 Å². The average molecular weight is 402 g/mol. The SMILES string of the molecule is O=C(CCN1CCN(c2ccccc2)CC1)N/N=C/c1ccc(OC(F)F)cc1. The number of anilines is 1. The Morgan fingerprint density at radius 2 is 1.76 bits per heavy atom. The van der Waals surface area contributed by atoms with Crippen LogP contribution in [-0.4, -0.2) is 56.4 Å². The third kappa shape index (κ3) is 6.83. The molecular weight excluding hydrogens is 378 g/mol. The number of hydrazone groups is 1. The maximum Gasteiger partial charge on any atom is 0.387 e. The summed E-state index contributed by atoms with van der Waals surface area (Å²) in [5, 5.41) is 3.91. The lowest BCUT2D eigenvalue weighted by atomic mass is 10.2. The van der Waals surface area contributed by atoms with Gasteiger partial charge >= 0.3 is 6.61 Å². The molecule has 0 aromatic heterocycles. The lowest BCUT2D eigenvalue weighted by Gasteiger charge is -2.36. The van der Waals surface area contributed by atoms with Crippen LogP contribution in [0.25, 0.3) is 0 Å².